The Bertz CT molecular complexity index is 7490. The maximum Gasteiger partial charge on any atom is 0.0726 e. The van der Waals surface area contributed by atoms with E-state index in [2.05, 4.69) is 323 Å². The Balaban J connectivity index is 0.691. The molecule has 452 valence electrons. The van der Waals surface area contributed by atoms with E-state index in [0.717, 1.165) is 0 Å². The van der Waals surface area contributed by atoms with Crippen LogP contribution in [0.3, 0.4) is 0 Å². The summed E-state index contributed by atoms with van der Waals surface area (Å²) in [7, 11) is 0. The molecule has 0 atom stereocenters. The predicted octanol–water partition coefficient (Wildman–Crippen LogP) is 27.2. The van der Waals surface area contributed by atoms with E-state index in [1.807, 2.05) is 34.0 Å². The third kappa shape index (κ3) is 7.30. The molecule has 0 spiro atoms. The Morgan fingerprint density at radius 1 is 0.194 bits per heavy atom. The van der Waals surface area contributed by atoms with E-state index in [1.165, 1.54) is 219 Å². The average Bonchev–Trinajstić information content (AvgIpc) is 1.54. The van der Waals surface area contributed by atoms with Gasteiger partial charge in [-0.3, -0.25) is 0 Å². The van der Waals surface area contributed by atoms with Gasteiger partial charge in [-0.1, -0.05) is 218 Å². The number of nitrogens with zero attached hydrogens (tertiary/aromatic N) is 3. The molecule has 0 aliphatic carbocycles. The zero-order valence-electron chi connectivity index (χ0n) is 52.5. The van der Waals surface area contributed by atoms with Crippen LogP contribution in [-0.2, 0) is 0 Å². The first-order valence-electron chi connectivity index (χ1n) is 33.6. The third-order valence-corrected chi connectivity index (χ3v) is 25.0. The Morgan fingerprint density at radius 2 is 0.663 bits per heavy atom. The summed E-state index contributed by atoms with van der Waals surface area (Å²) in [4.78, 5) is 0. The number of hydrogen-bond donors (Lipinski definition) is 0. The minimum Gasteiger partial charge on any atom is -0.309 e. The molecule has 0 amide bonds. The summed E-state index contributed by atoms with van der Waals surface area (Å²) < 4.78 is 15.5. The molecule has 3 nitrogen and oxygen atoms in total. The number of thiophene rings is 3. The lowest BCUT2D eigenvalue weighted by molar-refractivity contribution is 1.18. The molecule has 0 unspecified atom stereocenters. The molecular formula is C92H51N3S3. The van der Waals surface area contributed by atoms with E-state index < -0.39 is 0 Å². The maximum atomic E-state index is 2.60. The van der Waals surface area contributed by atoms with E-state index in [0.29, 0.717) is 0 Å². The van der Waals surface area contributed by atoms with Gasteiger partial charge in [-0.2, -0.15) is 0 Å². The van der Waals surface area contributed by atoms with E-state index >= 15 is 0 Å². The minimum absolute atomic E-state index is 1.17. The fraction of sp³-hybridized carbons (Fsp3) is 0. The van der Waals surface area contributed by atoms with Gasteiger partial charge >= 0.3 is 0 Å². The molecular weight excluding hydrogens is 1240 g/mol. The fourth-order valence-corrected chi connectivity index (χ4v) is 21.0. The standard InChI is InChI=1S/C92H51N3S3/c1-2-22-60(23-3-1)93-79-47-55-19-5-4-18-54(55)46-72(79)73-51-84-74(50-80(73)93)61-42-40-58(48-82(61)96-84)56-38-37-53-21-17-34-78(71(53)45-56)95-75-31-13-10-28-66(75)85-62-24-6-7-25-63(62)87-69-43-41-59(49-83(69)98-92(87)90(85)95)57-39-36-52-20-16-33-77(70(52)44-57)94-76-32-14-11-29-67(76)88-89(94)65-27-9-8-26-64(65)86-68-30-12-15-35-81(68)97-91(86)88/h1-51H. The van der Waals surface area contributed by atoms with Gasteiger partial charge in [0, 0.05) is 110 Å². The summed E-state index contributed by atoms with van der Waals surface area (Å²) in [5.41, 5.74) is 15.7. The molecule has 0 N–H and O–H groups in total. The van der Waals surface area contributed by atoms with E-state index in [9.17, 15) is 0 Å². The highest BCUT2D eigenvalue weighted by molar-refractivity contribution is 7.27. The maximum absolute atomic E-state index is 2.60. The van der Waals surface area contributed by atoms with Crippen molar-refractivity contribution >= 4 is 214 Å². The third-order valence-electron chi connectivity index (χ3n) is 21.5. The monoisotopic (exact) mass is 1290 g/mol. The van der Waals surface area contributed by atoms with Crippen LogP contribution >= 0.6 is 34.0 Å². The van der Waals surface area contributed by atoms with Crippen molar-refractivity contribution in [3.8, 4) is 39.3 Å². The van der Waals surface area contributed by atoms with Crippen LogP contribution in [0.4, 0.5) is 0 Å². The number of fused-ring (bicyclic) bond motifs is 29. The zero-order chi connectivity index (χ0) is 63.6. The molecule has 98 heavy (non-hydrogen) atoms. The topological polar surface area (TPSA) is 14.8 Å². The van der Waals surface area contributed by atoms with Crippen molar-refractivity contribution in [1.82, 2.24) is 13.7 Å². The lowest BCUT2D eigenvalue weighted by atomic mass is 9.96. The fourth-order valence-electron chi connectivity index (χ4n) is 17.2. The van der Waals surface area contributed by atoms with Crippen molar-refractivity contribution in [2.75, 3.05) is 0 Å². The summed E-state index contributed by atoms with van der Waals surface area (Å²) in [6, 6.07) is 117. The molecule has 0 aliphatic heterocycles. The largest absolute Gasteiger partial charge is 0.309 e. The van der Waals surface area contributed by atoms with Crippen molar-refractivity contribution in [2.45, 2.75) is 0 Å². The van der Waals surface area contributed by atoms with Crippen molar-refractivity contribution in [3.63, 3.8) is 0 Å². The highest BCUT2D eigenvalue weighted by atomic mass is 32.1. The Morgan fingerprint density at radius 3 is 1.37 bits per heavy atom. The van der Waals surface area contributed by atoms with Gasteiger partial charge in [0.2, 0.25) is 0 Å². The molecule has 0 saturated carbocycles. The Hall–Kier alpha value is -11.9. The number of rotatable bonds is 5. The smallest absolute Gasteiger partial charge is 0.0726 e. The molecule has 23 rings (SSSR count). The van der Waals surface area contributed by atoms with Gasteiger partial charge in [-0.05, 0) is 151 Å². The lowest BCUT2D eigenvalue weighted by Crippen LogP contribution is -1.96. The van der Waals surface area contributed by atoms with Crippen LogP contribution in [-0.4, -0.2) is 13.7 Å². The predicted molar refractivity (Wildman–Crippen MR) is 427 cm³/mol. The SMILES string of the molecule is c1ccc(-n2c3cc4ccccc4cc3c3cc4sc5cc(-c6ccc7cccc(-n8c9ccccc9c9c%10ccccc%10c%10c%11ccc(-c%12ccc%13cccc(-n%14c%15ccccc%15c%15c%16sc%17ccccc%17c%16c%16ccccc%16c%15%14)c%13c%12)cc%11sc%10c98)c7c6)ccc5c4cc32)cc1. The first-order valence-corrected chi connectivity index (χ1v) is 36.1. The molecule has 6 heterocycles. The van der Waals surface area contributed by atoms with Crippen LogP contribution in [0.2, 0.25) is 0 Å². The van der Waals surface area contributed by atoms with Gasteiger partial charge in [0.15, 0.2) is 0 Å². The summed E-state index contributed by atoms with van der Waals surface area (Å²) >= 11 is 5.76. The molecule has 0 fully saturated rings. The molecule has 0 radical (unpaired) electrons. The first-order chi connectivity index (χ1) is 48.6. The van der Waals surface area contributed by atoms with Crippen LogP contribution in [0.15, 0.2) is 309 Å². The lowest BCUT2D eigenvalue weighted by Gasteiger charge is -2.15. The van der Waals surface area contributed by atoms with E-state index in [-0.39, 0.29) is 0 Å². The van der Waals surface area contributed by atoms with Crippen LogP contribution < -0.4 is 0 Å². The van der Waals surface area contributed by atoms with E-state index in [1.54, 1.807) is 0 Å². The number of aromatic nitrogens is 3. The highest BCUT2D eigenvalue weighted by Crippen LogP contribution is 2.52. The van der Waals surface area contributed by atoms with Crippen LogP contribution in [0.25, 0.3) is 219 Å². The molecule has 0 saturated heterocycles. The van der Waals surface area contributed by atoms with Gasteiger partial charge in [0.05, 0.1) is 49.2 Å². The second-order valence-corrected chi connectivity index (χ2v) is 29.7. The average molecular weight is 1290 g/mol. The summed E-state index contributed by atoms with van der Waals surface area (Å²) in [5.74, 6) is 0. The normalized spacial score (nSPS) is 12.5. The zero-order valence-corrected chi connectivity index (χ0v) is 55.0. The molecule has 0 bridgehead atoms. The van der Waals surface area contributed by atoms with Gasteiger partial charge in [-0.15, -0.1) is 34.0 Å². The highest BCUT2D eigenvalue weighted by Gasteiger charge is 2.26. The van der Waals surface area contributed by atoms with Gasteiger partial charge in [0.25, 0.3) is 0 Å². The van der Waals surface area contributed by atoms with Crippen LogP contribution in [0.5, 0.6) is 0 Å². The molecule has 6 heteroatoms. The number of hydrogen-bond acceptors (Lipinski definition) is 3. The number of para-hydroxylation sites is 3. The van der Waals surface area contributed by atoms with Crippen molar-refractivity contribution in [3.05, 3.63) is 309 Å². The molecule has 17 aromatic carbocycles. The van der Waals surface area contributed by atoms with Gasteiger partial charge in [-0.25, -0.2) is 0 Å². The van der Waals surface area contributed by atoms with Crippen molar-refractivity contribution in [2.24, 2.45) is 0 Å². The molecule has 23 aromatic rings. The molecule has 6 aromatic heterocycles. The summed E-state index contributed by atoms with van der Waals surface area (Å²) in [5, 5.41) is 28.1. The first kappa shape index (κ1) is 53.4. The van der Waals surface area contributed by atoms with Gasteiger partial charge in [0.1, 0.15) is 0 Å². The van der Waals surface area contributed by atoms with Crippen molar-refractivity contribution in [1.29, 1.82) is 0 Å². The van der Waals surface area contributed by atoms with Crippen LogP contribution in [0, 0.1) is 0 Å². The summed E-state index contributed by atoms with van der Waals surface area (Å²) in [6.07, 6.45) is 0. The van der Waals surface area contributed by atoms with Crippen molar-refractivity contribution < 1.29 is 0 Å². The summed E-state index contributed by atoms with van der Waals surface area (Å²) in [6.45, 7) is 0. The van der Waals surface area contributed by atoms with Gasteiger partial charge < -0.3 is 13.7 Å². The number of benzene rings is 17. The Kier molecular flexibility index (Phi) is 10.8. The second kappa shape index (κ2) is 19.9. The Labute approximate surface area is 571 Å². The minimum atomic E-state index is 1.17. The quantitative estimate of drug-likeness (QED) is 0.163. The van der Waals surface area contributed by atoms with Crippen LogP contribution in [0.1, 0.15) is 0 Å². The molecule has 0 aliphatic rings. The second-order valence-electron chi connectivity index (χ2n) is 26.6. The van der Waals surface area contributed by atoms with E-state index in [4.69, 9.17) is 0 Å².